The van der Waals surface area contributed by atoms with Crippen LogP contribution in [-0.4, -0.2) is 31.2 Å². The van der Waals surface area contributed by atoms with Gasteiger partial charge >= 0.3 is 0 Å². The maximum atomic E-state index is 12.0. The minimum Gasteiger partial charge on any atom is -0.497 e. The topological polar surface area (TPSA) is 80.4 Å². The van der Waals surface area contributed by atoms with Crippen LogP contribution in [0.1, 0.15) is 15.9 Å². The van der Waals surface area contributed by atoms with Crippen LogP contribution in [0.4, 0.5) is 0 Å². The lowest BCUT2D eigenvalue weighted by atomic mass is 9.96. The molecule has 1 aromatic heterocycles. The number of pyridine rings is 1. The monoisotopic (exact) mass is 314 g/mol. The Hall–Kier alpha value is -2.76. The molecule has 2 N–H and O–H groups in total. The molecule has 0 unspecified atom stereocenters. The maximum absolute atomic E-state index is 12.0. The molecule has 120 valence electrons. The molecule has 1 aliphatic heterocycles. The lowest BCUT2D eigenvalue weighted by molar-refractivity contribution is 0.0938. The van der Waals surface area contributed by atoms with Crippen molar-refractivity contribution >= 4 is 5.91 Å². The molecule has 0 spiro atoms. The Morgan fingerprint density at radius 1 is 1.39 bits per heavy atom. The van der Waals surface area contributed by atoms with Gasteiger partial charge in [0, 0.05) is 30.8 Å². The Kier molecular flexibility index (Phi) is 4.32. The van der Waals surface area contributed by atoms with Gasteiger partial charge in [0.25, 0.3) is 5.91 Å². The van der Waals surface area contributed by atoms with E-state index >= 15 is 0 Å². The maximum Gasteiger partial charge on any atom is 0.252 e. The molecule has 1 atom stereocenters. The van der Waals surface area contributed by atoms with Crippen LogP contribution in [0.3, 0.4) is 0 Å². The molecule has 0 fully saturated rings. The number of fused-ring (bicyclic) bond motifs is 1. The number of aromatic nitrogens is 1. The molecule has 23 heavy (non-hydrogen) atoms. The summed E-state index contributed by atoms with van der Waals surface area (Å²) < 4.78 is 10.9. The van der Waals surface area contributed by atoms with Crippen LogP contribution in [-0.2, 0) is 6.42 Å². The van der Waals surface area contributed by atoms with Crippen molar-refractivity contribution in [2.24, 2.45) is 5.92 Å². The van der Waals surface area contributed by atoms with Crippen molar-refractivity contribution in [3.63, 3.8) is 0 Å². The highest BCUT2D eigenvalue weighted by Gasteiger charge is 2.21. The summed E-state index contributed by atoms with van der Waals surface area (Å²) in [6, 6.07) is 8.62. The third-order valence-electron chi connectivity index (χ3n) is 3.86. The van der Waals surface area contributed by atoms with Crippen LogP contribution in [0, 0.1) is 5.92 Å². The van der Waals surface area contributed by atoms with Gasteiger partial charge in [-0.25, -0.2) is 0 Å². The number of methoxy groups -OCH3 is 1. The Morgan fingerprint density at radius 3 is 3.00 bits per heavy atom. The molecule has 0 saturated carbocycles. The van der Waals surface area contributed by atoms with Crippen LogP contribution in [0.15, 0.2) is 41.3 Å². The summed E-state index contributed by atoms with van der Waals surface area (Å²) in [4.78, 5) is 25.5. The first-order valence-electron chi connectivity index (χ1n) is 7.42. The average molecular weight is 314 g/mol. The molecule has 0 bridgehead atoms. The molecule has 0 aliphatic carbocycles. The van der Waals surface area contributed by atoms with Gasteiger partial charge < -0.3 is 19.8 Å². The molecular weight excluding hydrogens is 296 g/mol. The smallest absolute Gasteiger partial charge is 0.252 e. The zero-order chi connectivity index (χ0) is 16.2. The standard InChI is InChI=1S/C17H18N2O4/c1-22-14-4-2-12-6-11(10-23-15(12)7-14)8-19-17(21)13-3-5-16(20)18-9-13/h2-5,7,9,11H,6,8,10H2,1H3,(H,18,20)(H,19,21)/t11-/m1/s1. The van der Waals surface area contributed by atoms with E-state index in [1.165, 1.54) is 18.3 Å². The van der Waals surface area contributed by atoms with Gasteiger partial charge in [-0.1, -0.05) is 6.07 Å². The second kappa shape index (κ2) is 6.56. The van der Waals surface area contributed by atoms with Gasteiger partial charge in [0.05, 0.1) is 19.3 Å². The first-order chi connectivity index (χ1) is 11.2. The predicted molar refractivity (Wildman–Crippen MR) is 85.1 cm³/mol. The Bertz CT molecular complexity index is 749. The molecule has 0 radical (unpaired) electrons. The van der Waals surface area contributed by atoms with Gasteiger partial charge in [-0.2, -0.15) is 0 Å². The van der Waals surface area contributed by atoms with Gasteiger partial charge in [0.1, 0.15) is 11.5 Å². The van der Waals surface area contributed by atoms with E-state index in [-0.39, 0.29) is 17.4 Å². The van der Waals surface area contributed by atoms with Crippen LogP contribution < -0.4 is 20.3 Å². The summed E-state index contributed by atoms with van der Waals surface area (Å²) in [7, 11) is 1.62. The number of nitrogens with one attached hydrogen (secondary N) is 2. The summed E-state index contributed by atoms with van der Waals surface area (Å²) in [5.74, 6) is 1.62. The molecule has 6 heteroatoms. The van der Waals surface area contributed by atoms with Crippen molar-refractivity contribution in [3.8, 4) is 11.5 Å². The lowest BCUT2D eigenvalue weighted by Crippen LogP contribution is -2.35. The van der Waals surface area contributed by atoms with Crippen molar-refractivity contribution in [2.75, 3.05) is 20.3 Å². The first kappa shape index (κ1) is 15.1. The van der Waals surface area contributed by atoms with Gasteiger partial charge in [-0.3, -0.25) is 9.59 Å². The molecule has 1 amide bonds. The van der Waals surface area contributed by atoms with Gasteiger partial charge in [-0.15, -0.1) is 0 Å². The van der Waals surface area contributed by atoms with E-state index in [1.807, 2.05) is 18.2 Å². The number of hydrogen-bond acceptors (Lipinski definition) is 4. The Morgan fingerprint density at radius 2 is 2.26 bits per heavy atom. The summed E-state index contributed by atoms with van der Waals surface area (Å²) in [5, 5.41) is 2.88. The molecule has 3 rings (SSSR count). The largest absolute Gasteiger partial charge is 0.497 e. The van der Waals surface area contributed by atoms with Gasteiger partial charge in [0.15, 0.2) is 0 Å². The van der Waals surface area contributed by atoms with E-state index in [0.717, 1.165) is 23.5 Å². The number of aromatic amines is 1. The second-order valence-corrected chi connectivity index (χ2v) is 5.51. The van der Waals surface area contributed by atoms with E-state index in [1.54, 1.807) is 7.11 Å². The van der Waals surface area contributed by atoms with Crippen LogP contribution in [0.25, 0.3) is 0 Å². The SMILES string of the molecule is COc1ccc2c(c1)OC[C@@H](CNC(=O)c1ccc(=O)[nH]c1)C2. The predicted octanol–water partition coefficient (Wildman–Crippen LogP) is 1.36. The van der Waals surface area contributed by atoms with Crippen molar-refractivity contribution < 1.29 is 14.3 Å². The highest BCUT2D eigenvalue weighted by Crippen LogP contribution is 2.30. The van der Waals surface area contributed by atoms with E-state index in [4.69, 9.17) is 9.47 Å². The highest BCUT2D eigenvalue weighted by molar-refractivity contribution is 5.93. The van der Waals surface area contributed by atoms with Crippen molar-refractivity contribution in [1.29, 1.82) is 0 Å². The Balaban J connectivity index is 1.58. The zero-order valence-corrected chi connectivity index (χ0v) is 12.8. The fourth-order valence-electron chi connectivity index (χ4n) is 2.56. The number of ether oxygens (including phenoxy) is 2. The normalized spacial score (nSPS) is 16.1. The summed E-state index contributed by atoms with van der Waals surface area (Å²) >= 11 is 0. The molecule has 6 nitrogen and oxygen atoms in total. The molecule has 2 aromatic rings. The minimum absolute atomic E-state index is 0.207. The highest BCUT2D eigenvalue weighted by atomic mass is 16.5. The first-order valence-corrected chi connectivity index (χ1v) is 7.42. The van der Waals surface area contributed by atoms with Crippen molar-refractivity contribution in [3.05, 3.63) is 58.0 Å². The van der Waals surface area contributed by atoms with Crippen LogP contribution in [0.2, 0.25) is 0 Å². The van der Waals surface area contributed by atoms with E-state index in [9.17, 15) is 9.59 Å². The summed E-state index contributed by atoms with van der Waals surface area (Å²) in [5.41, 5.74) is 1.32. The quantitative estimate of drug-likeness (QED) is 0.893. The third kappa shape index (κ3) is 3.53. The number of amides is 1. The number of benzene rings is 1. The fraction of sp³-hybridized carbons (Fsp3) is 0.294. The second-order valence-electron chi connectivity index (χ2n) is 5.51. The number of carbonyl (C=O) groups excluding carboxylic acids is 1. The van der Waals surface area contributed by atoms with Crippen LogP contribution >= 0.6 is 0 Å². The molecular formula is C17H18N2O4. The molecule has 2 heterocycles. The third-order valence-corrected chi connectivity index (χ3v) is 3.86. The van der Waals surface area contributed by atoms with E-state index in [2.05, 4.69) is 10.3 Å². The van der Waals surface area contributed by atoms with Gasteiger partial charge in [0.2, 0.25) is 5.56 Å². The molecule has 1 aromatic carbocycles. The van der Waals surface area contributed by atoms with Gasteiger partial charge in [-0.05, 0) is 24.1 Å². The average Bonchev–Trinajstić information content (AvgIpc) is 2.59. The summed E-state index contributed by atoms with van der Waals surface area (Å²) in [6.45, 7) is 1.06. The van der Waals surface area contributed by atoms with Crippen LogP contribution in [0.5, 0.6) is 11.5 Å². The van der Waals surface area contributed by atoms with E-state index < -0.39 is 0 Å². The molecule has 1 aliphatic rings. The minimum atomic E-state index is -0.228. The number of rotatable bonds is 4. The summed E-state index contributed by atoms with van der Waals surface area (Å²) in [6.07, 6.45) is 2.25. The lowest BCUT2D eigenvalue weighted by Gasteiger charge is -2.25. The number of H-pyrrole nitrogens is 1. The number of hydrogen-bond donors (Lipinski definition) is 2. The van der Waals surface area contributed by atoms with Crippen molar-refractivity contribution in [2.45, 2.75) is 6.42 Å². The zero-order valence-electron chi connectivity index (χ0n) is 12.8. The fourth-order valence-corrected chi connectivity index (χ4v) is 2.56. The van der Waals surface area contributed by atoms with E-state index in [0.29, 0.717) is 18.7 Å². The number of carbonyl (C=O) groups is 1. The van der Waals surface area contributed by atoms with Crippen molar-refractivity contribution in [1.82, 2.24) is 10.3 Å². The Labute approximate surface area is 133 Å². The molecule has 0 saturated heterocycles.